The third-order valence-corrected chi connectivity index (χ3v) is 7.83. The van der Waals surface area contributed by atoms with Crippen molar-refractivity contribution in [3.05, 3.63) is 71.5 Å². The monoisotopic (exact) mass is 466 g/mol. The molecule has 8 nitrogen and oxygen atoms in total. The zero-order chi connectivity index (χ0) is 22.8. The maximum atomic E-state index is 13.3. The minimum Gasteiger partial charge on any atom is -0.457 e. The van der Waals surface area contributed by atoms with E-state index in [1.54, 1.807) is 24.3 Å². The van der Waals surface area contributed by atoms with Gasteiger partial charge in [-0.25, -0.2) is 18.4 Å². The minimum absolute atomic E-state index is 0.235. The van der Waals surface area contributed by atoms with Crippen LogP contribution < -0.4 is 9.64 Å². The number of hydrogen-bond acceptors (Lipinski definition) is 7. The number of aryl methyl sites for hydroxylation is 1. The molecule has 3 heterocycles. The number of benzene rings is 2. The summed E-state index contributed by atoms with van der Waals surface area (Å²) in [5, 5.41) is 0. The maximum absolute atomic E-state index is 13.3. The molecule has 0 amide bonds. The fraction of sp³-hybridized carbons (Fsp3) is 0.333. The lowest BCUT2D eigenvalue weighted by Crippen LogP contribution is -2.39. The first kappa shape index (κ1) is 21.8. The van der Waals surface area contributed by atoms with Gasteiger partial charge in [0.05, 0.1) is 30.3 Å². The second-order valence-corrected chi connectivity index (χ2v) is 10.1. The molecule has 0 bridgehead atoms. The second kappa shape index (κ2) is 9.09. The first-order valence-corrected chi connectivity index (χ1v) is 12.5. The van der Waals surface area contributed by atoms with Crippen molar-refractivity contribution in [2.45, 2.75) is 24.8 Å². The molecule has 9 heteroatoms. The van der Waals surface area contributed by atoms with Gasteiger partial charge in [-0.05, 0) is 54.8 Å². The van der Waals surface area contributed by atoms with Gasteiger partial charge in [0.2, 0.25) is 16.0 Å². The highest BCUT2D eigenvalue weighted by Crippen LogP contribution is 2.28. The number of fused-ring (bicyclic) bond motifs is 1. The van der Waals surface area contributed by atoms with Crippen LogP contribution in [0.25, 0.3) is 0 Å². The van der Waals surface area contributed by atoms with Gasteiger partial charge in [0, 0.05) is 25.8 Å². The van der Waals surface area contributed by atoms with Crippen LogP contribution in [0.5, 0.6) is 11.5 Å². The van der Waals surface area contributed by atoms with E-state index < -0.39 is 10.0 Å². The van der Waals surface area contributed by atoms with Crippen molar-refractivity contribution in [3.8, 4) is 11.5 Å². The first-order valence-electron chi connectivity index (χ1n) is 11.0. The zero-order valence-electron chi connectivity index (χ0n) is 18.5. The van der Waals surface area contributed by atoms with Crippen LogP contribution in [0.15, 0.2) is 59.6 Å². The van der Waals surface area contributed by atoms with Crippen molar-refractivity contribution in [3.63, 3.8) is 0 Å². The van der Waals surface area contributed by atoms with E-state index in [0.717, 1.165) is 35.7 Å². The third-order valence-electron chi connectivity index (χ3n) is 5.97. The summed E-state index contributed by atoms with van der Waals surface area (Å²) >= 11 is 0. The standard InChI is InChI=1S/C24H26N4O4S/c1-18-4-2-3-5-23(18)32-20-6-8-21(9-7-20)33(29,30)28-11-10-19-16-25-24(26-22(19)17-28)27-12-14-31-15-13-27/h2-9,16H,10-15,17H2,1H3. The SMILES string of the molecule is Cc1ccccc1Oc1ccc(S(=O)(=O)N2CCc3cnc(N4CCOCC4)nc3C2)cc1. The lowest BCUT2D eigenvalue weighted by atomic mass is 10.1. The molecule has 0 aliphatic carbocycles. The quantitative estimate of drug-likeness (QED) is 0.571. The third kappa shape index (κ3) is 4.57. The van der Waals surface area contributed by atoms with Gasteiger partial charge in [-0.2, -0.15) is 4.31 Å². The lowest BCUT2D eigenvalue weighted by molar-refractivity contribution is 0.122. The van der Waals surface area contributed by atoms with Crippen molar-refractivity contribution in [2.75, 3.05) is 37.7 Å². The van der Waals surface area contributed by atoms with Crippen LogP contribution in [-0.2, 0) is 27.7 Å². The predicted octanol–water partition coefficient (Wildman–Crippen LogP) is 3.16. The van der Waals surface area contributed by atoms with Crippen molar-refractivity contribution in [1.29, 1.82) is 0 Å². The minimum atomic E-state index is -3.66. The molecule has 0 unspecified atom stereocenters. The smallest absolute Gasteiger partial charge is 0.243 e. The van der Waals surface area contributed by atoms with Crippen LogP contribution in [0.3, 0.4) is 0 Å². The normalized spacial score (nSPS) is 16.9. The van der Waals surface area contributed by atoms with Crippen LogP contribution in [0.1, 0.15) is 16.8 Å². The lowest BCUT2D eigenvalue weighted by Gasteiger charge is -2.30. The molecule has 5 rings (SSSR count). The van der Waals surface area contributed by atoms with E-state index in [1.165, 1.54) is 4.31 Å². The zero-order valence-corrected chi connectivity index (χ0v) is 19.3. The largest absolute Gasteiger partial charge is 0.457 e. The maximum Gasteiger partial charge on any atom is 0.243 e. The molecule has 1 fully saturated rings. The van der Waals surface area contributed by atoms with Gasteiger partial charge < -0.3 is 14.4 Å². The molecule has 0 N–H and O–H groups in total. The molecule has 2 aliphatic rings. The van der Waals surface area contributed by atoms with Gasteiger partial charge in [0.25, 0.3) is 0 Å². The number of aromatic nitrogens is 2. The topological polar surface area (TPSA) is 84.9 Å². The molecule has 1 aromatic heterocycles. The van der Waals surface area contributed by atoms with Crippen LogP contribution >= 0.6 is 0 Å². The number of sulfonamides is 1. The van der Waals surface area contributed by atoms with Gasteiger partial charge in [-0.1, -0.05) is 18.2 Å². The molecular weight excluding hydrogens is 440 g/mol. The van der Waals surface area contributed by atoms with Gasteiger partial charge in [0.1, 0.15) is 11.5 Å². The Balaban J connectivity index is 1.33. The van der Waals surface area contributed by atoms with Crippen LogP contribution in [0.4, 0.5) is 5.95 Å². The van der Waals surface area contributed by atoms with E-state index in [2.05, 4.69) is 9.88 Å². The molecule has 0 radical (unpaired) electrons. The summed E-state index contributed by atoms with van der Waals surface area (Å²) in [7, 11) is -3.66. The molecule has 2 aliphatic heterocycles. The predicted molar refractivity (Wildman–Crippen MR) is 124 cm³/mol. The summed E-state index contributed by atoms with van der Waals surface area (Å²) in [6.45, 7) is 5.36. The Kier molecular flexibility index (Phi) is 6.01. The van der Waals surface area contributed by atoms with E-state index >= 15 is 0 Å². The van der Waals surface area contributed by atoms with Crippen LogP contribution in [0.2, 0.25) is 0 Å². The highest BCUT2D eigenvalue weighted by molar-refractivity contribution is 7.89. The van der Waals surface area contributed by atoms with Crippen molar-refractivity contribution >= 4 is 16.0 Å². The van der Waals surface area contributed by atoms with Gasteiger partial charge in [-0.15, -0.1) is 0 Å². The Hall–Kier alpha value is -3.01. The summed E-state index contributed by atoms with van der Waals surface area (Å²) in [6, 6.07) is 14.3. The summed E-state index contributed by atoms with van der Waals surface area (Å²) < 4.78 is 39.4. The molecule has 172 valence electrons. The average molecular weight is 467 g/mol. The summed E-state index contributed by atoms with van der Waals surface area (Å²) in [5.74, 6) is 1.97. The Morgan fingerprint density at radius 2 is 1.76 bits per heavy atom. The fourth-order valence-corrected chi connectivity index (χ4v) is 5.42. The number of morpholine rings is 1. The number of rotatable bonds is 5. The summed E-state index contributed by atoms with van der Waals surface area (Å²) in [6.07, 6.45) is 2.42. The molecule has 0 atom stereocenters. The van der Waals surface area contributed by atoms with Crippen LogP contribution in [0, 0.1) is 6.92 Å². The average Bonchev–Trinajstić information content (AvgIpc) is 2.85. The van der Waals surface area contributed by atoms with Gasteiger partial charge in [-0.3, -0.25) is 0 Å². The summed E-state index contributed by atoms with van der Waals surface area (Å²) in [5.41, 5.74) is 2.78. The van der Waals surface area contributed by atoms with Crippen molar-refractivity contribution in [1.82, 2.24) is 14.3 Å². The van der Waals surface area contributed by atoms with E-state index in [1.807, 2.05) is 37.4 Å². The molecule has 1 saturated heterocycles. The molecule has 0 spiro atoms. The highest BCUT2D eigenvalue weighted by atomic mass is 32.2. The van der Waals surface area contributed by atoms with E-state index in [9.17, 15) is 8.42 Å². The number of ether oxygens (including phenoxy) is 2. The molecular formula is C24H26N4O4S. The second-order valence-electron chi connectivity index (χ2n) is 8.17. The Bertz CT molecular complexity index is 1240. The summed E-state index contributed by atoms with van der Waals surface area (Å²) in [4.78, 5) is 11.5. The Morgan fingerprint density at radius 1 is 1.00 bits per heavy atom. The van der Waals surface area contributed by atoms with Crippen LogP contribution in [-0.4, -0.2) is 55.5 Å². The van der Waals surface area contributed by atoms with E-state index in [-0.39, 0.29) is 11.4 Å². The highest BCUT2D eigenvalue weighted by Gasteiger charge is 2.30. The first-order chi connectivity index (χ1) is 16.0. The molecule has 0 saturated carbocycles. The van der Waals surface area contributed by atoms with Gasteiger partial charge >= 0.3 is 0 Å². The molecule has 2 aromatic carbocycles. The number of anilines is 1. The van der Waals surface area contributed by atoms with Gasteiger partial charge in [0.15, 0.2) is 0 Å². The molecule has 33 heavy (non-hydrogen) atoms. The Morgan fingerprint density at radius 3 is 2.52 bits per heavy atom. The number of nitrogens with zero attached hydrogens (tertiary/aromatic N) is 4. The molecule has 3 aromatic rings. The number of hydrogen-bond donors (Lipinski definition) is 0. The van der Waals surface area contributed by atoms with Crippen molar-refractivity contribution < 1.29 is 17.9 Å². The van der Waals surface area contributed by atoms with E-state index in [0.29, 0.717) is 37.9 Å². The number of para-hydroxylation sites is 1. The van der Waals surface area contributed by atoms with E-state index in [4.69, 9.17) is 14.5 Å². The Labute approximate surface area is 193 Å². The van der Waals surface area contributed by atoms with Crippen molar-refractivity contribution in [2.24, 2.45) is 0 Å². The fourth-order valence-electron chi connectivity index (χ4n) is 4.02.